The SMILES string of the molecule is Fc1ccc(CNC(=S)Nc2ccccc2Oc2ccccc2)cc1. The molecule has 3 nitrogen and oxygen atoms in total. The lowest BCUT2D eigenvalue weighted by atomic mass is 10.2. The van der Waals surface area contributed by atoms with Crippen molar-refractivity contribution < 1.29 is 9.13 Å². The van der Waals surface area contributed by atoms with Crippen molar-refractivity contribution in [3.63, 3.8) is 0 Å². The molecule has 0 saturated carbocycles. The van der Waals surface area contributed by atoms with Gasteiger partial charge in [-0.1, -0.05) is 42.5 Å². The van der Waals surface area contributed by atoms with E-state index in [1.807, 2.05) is 54.6 Å². The second-order valence-electron chi connectivity index (χ2n) is 5.35. The molecule has 3 rings (SSSR count). The average Bonchev–Trinajstić information content (AvgIpc) is 2.64. The largest absolute Gasteiger partial charge is 0.455 e. The normalized spacial score (nSPS) is 10.1. The number of ether oxygens (including phenoxy) is 1. The van der Waals surface area contributed by atoms with E-state index in [1.165, 1.54) is 12.1 Å². The maximum absolute atomic E-state index is 12.9. The lowest BCUT2D eigenvalue weighted by Gasteiger charge is -2.14. The fourth-order valence-electron chi connectivity index (χ4n) is 2.23. The Morgan fingerprint density at radius 2 is 1.56 bits per heavy atom. The molecule has 126 valence electrons. The fraction of sp³-hybridized carbons (Fsp3) is 0.0500. The van der Waals surface area contributed by atoms with E-state index in [1.54, 1.807) is 12.1 Å². The van der Waals surface area contributed by atoms with Gasteiger partial charge in [0.1, 0.15) is 11.6 Å². The zero-order valence-electron chi connectivity index (χ0n) is 13.4. The van der Waals surface area contributed by atoms with Crippen LogP contribution in [0.2, 0.25) is 0 Å². The molecule has 3 aromatic rings. The highest BCUT2D eigenvalue weighted by Crippen LogP contribution is 2.28. The number of thiocarbonyl (C=S) groups is 1. The van der Waals surface area contributed by atoms with Crippen LogP contribution in [0, 0.1) is 5.82 Å². The Labute approximate surface area is 151 Å². The number of benzene rings is 3. The number of anilines is 1. The van der Waals surface area contributed by atoms with Crippen molar-refractivity contribution >= 4 is 23.0 Å². The second-order valence-corrected chi connectivity index (χ2v) is 5.75. The van der Waals surface area contributed by atoms with Crippen LogP contribution in [0.1, 0.15) is 5.56 Å². The smallest absolute Gasteiger partial charge is 0.171 e. The van der Waals surface area contributed by atoms with Crippen molar-refractivity contribution in [2.24, 2.45) is 0 Å². The Kier molecular flexibility index (Phi) is 5.59. The molecule has 0 aliphatic rings. The quantitative estimate of drug-likeness (QED) is 0.626. The van der Waals surface area contributed by atoms with E-state index in [2.05, 4.69) is 10.6 Å². The first-order chi connectivity index (χ1) is 12.2. The molecule has 0 unspecified atom stereocenters. The summed E-state index contributed by atoms with van der Waals surface area (Å²) >= 11 is 5.33. The van der Waals surface area contributed by atoms with Gasteiger partial charge in [0.15, 0.2) is 10.9 Å². The molecule has 5 heteroatoms. The Bertz CT molecular complexity index is 838. The van der Waals surface area contributed by atoms with E-state index >= 15 is 0 Å². The third kappa shape index (κ3) is 5.02. The van der Waals surface area contributed by atoms with Crippen molar-refractivity contribution in [2.45, 2.75) is 6.54 Å². The van der Waals surface area contributed by atoms with Crippen LogP contribution in [0.25, 0.3) is 0 Å². The lowest BCUT2D eigenvalue weighted by molar-refractivity contribution is 0.485. The van der Waals surface area contributed by atoms with Crippen LogP contribution in [0.3, 0.4) is 0 Å². The highest BCUT2D eigenvalue weighted by molar-refractivity contribution is 7.80. The summed E-state index contributed by atoms with van der Waals surface area (Å²) in [5, 5.41) is 6.70. The highest BCUT2D eigenvalue weighted by atomic mass is 32.1. The topological polar surface area (TPSA) is 33.3 Å². The predicted octanol–water partition coefficient (Wildman–Crippen LogP) is 5.10. The number of para-hydroxylation sites is 3. The molecular weight excluding hydrogens is 335 g/mol. The minimum atomic E-state index is -0.253. The number of hydrogen-bond acceptors (Lipinski definition) is 2. The molecule has 0 saturated heterocycles. The first-order valence-corrected chi connectivity index (χ1v) is 8.23. The maximum Gasteiger partial charge on any atom is 0.171 e. The van der Waals surface area contributed by atoms with E-state index in [4.69, 9.17) is 17.0 Å². The van der Waals surface area contributed by atoms with Crippen LogP contribution in [0.5, 0.6) is 11.5 Å². The van der Waals surface area contributed by atoms with E-state index in [0.29, 0.717) is 17.4 Å². The third-order valence-corrected chi connectivity index (χ3v) is 3.72. The summed E-state index contributed by atoms with van der Waals surface area (Å²) in [5.74, 6) is 1.18. The fourth-order valence-corrected chi connectivity index (χ4v) is 2.41. The predicted molar refractivity (Wildman–Crippen MR) is 102 cm³/mol. The average molecular weight is 352 g/mol. The summed E-state index contributed by atoms with van der Waals surface area (Å²) < 4.78 is 18.8. The van der Waals surface area contributed by atoms with Crippen LogP contribution < -0.4 is 15.4 Å². The summed E-state index contributed by atoms with van der Waals surface area (Å²) in [4.78, 5) is 0. The number of hydrogen-bond donors (Lipinski definition) is 2. The van der Waals surface area contributed by atoms with Gasteiger partial charge in [-0.2, -0.15) is 0 Å². The number of halogens is 1. The Hall–Kier alpha value is -2.92. The van der Waals surface area contributed by atoms with Crippen molar-refractivity contribution in [1.29, 1.82) is 0 Å². The summed E-state index contributed by atoms with van der Waals surface area (Å²) in [6.45, 7) is 0.508. The van der Waals surface area contributed by atoms with Gasteiger partial charge in [0.2, 0.25) is 0 Å². The second kappa shape index (κ2) is 8.26. The van der Waals surface area contributed by atoms with Crippen LogP contribution in [-0.2, 0) is 6.54 Å². The molecule has 0 atom stereocenters. The van der Waals surface area contributed by atoms with Gasteiger partial charge in [0.25, 0.3) is 0 Å². The van der Waals surface area contributed by atoms with Crippen LogP contribution in [0.4, 0.5) is 10.1 Å². The van der Waals surface area contributed by atoms with Gasteiger partial charge in [-0.25, -0.2) is 4.39 Å². The zero-order chi connectivity index (χ0) is 17.5. The molecule has 0 radical (unpaired) electrons. The summed E-state index contributed by atoms with van der Waals surface area (Å²) in [6.07, 6.45) is 0. The molecule has 3 aromatic carbocycles. The molecule has 0 aromatic heterocycles. The van der Waals surface area contributed by atoms with Crippen molar-refractivity contribution in [1.82, 2.24) is 5.32 Å². The van der Waals surface area contributed by atoms with Crippen LogP contribution >= 0.6 is 12.2 Å². The van der Waals surface area contributed by atoms with Gasteiger partial charge < -0.3 is 15.4 Å². The van der Waals surface area contributed by atoms with Gasteiger partial charge in [-0.3, -0.25) is 0 Å². The number of nitrogens with one attached hydrogen (secondary N) is 2. The number of rotatable bonds is 5. The molecule has 0 bridgehead atoms. The molecule has 25 heavy (non-hydrogen) atoms. The molecule has 0 spiro atoms. The van der Waals surface area contributed by atoms with Crippen molar-refractivity contribution in [3.05, 3.63) is 90.2 Å². The monoisotopic (exact) mass is 352 g/mol. The summed E-state index contributed by atoms with van der Waals surface area (Å²) in [5.41, 5.74) is 1.71. The highest BCUT2D eigenvalue weighted by Gasteiger charge is 2.06. The van der Waals surface area contributed by atoms with E-state index in [-0.39, 0.29) is 5.82 Å². The van der Waals surface area contributed by atoms with E-state index in [0.717, 1.165) is 17.0 Å². The molecule has 0 amide bonds. The van der Waals surface area contributed by atoms with Gasteiger partial charge >= 0.3 is 0 Å². The van der Waals surface area contributed by atoms with E-state index < -0.39 is 0 Å². The van der Waals surface area contributed by atoms with Gasteiger partial charge in [-0.05, 0) is 54.2 Å². The molecule has 0 aliphatic heterocycles. The Balaban J connectivity index is 1.62. The van der Waals surface area contributed by atoms with Gasteiger partial charge in [-0.15, -0.1) is 0 Å². The summed E-state index contributed by atoms with van der Waals surface area (Å²) in [6, 6.07) is 23.4. The first-order valence-electron chi connectivity index (χ1n) is 7.82. The maximum atomic E-state index is 12.9. The van der Waals surface area contributed by atoms with Gasteiger partial charge in [0.05, 0.1) is 5.69 Å². The van der Waals surface area contributed by atoms with Crippen molar-refractivity contribution in [2.75, 3.05) is 5.32 Å². The molecular formula is C20H17FN2OS. The van der Waals surface area contributed by atoms with Gasteiger partial charge in [0, 0.05) is 6.54 Å². The van der Waals surface area contributed by atoms with Crippen molar-refractivity contribution in [3.8, 4) is 11.5 Å². The molecule has 0 aliphatic carbocycles. The Morgan fingerprint density at radius 1 is 0.880 bits per heavy atom. The Morgan fingerprint density at radius 3 is 2.32 bits per heavy atom. The summed E-state index contributed by atoms with van der Waals surface area (Å²) in [7, 11) is 0. The molecule has 0 fully saturated rings. The minimum absolute atomic E-state index is 0.253. The third-order valence-electron chi connectivity index (χ3n) is 3.47. The lowest BCUT2D eigenvalue weighted by Crippen LogP contribution is -2.28. The zero-order valence-corrected chi connectivity index (χ0v) is 14.2. The van der Waals surface area contributed by atoms with E-state index in [9.17, 15) is 4.39 Å². The van der Waals surface area contributed by atoms with Crippen LogP contribution in [0.15, 0.2) is 78.9 Å². The minimum Gasteiger partial charge on any atom is -0.455 e. The van der Waals surface area contributed by atoms with Crippen LogP contribution in [-0.4, -0.2) is 5.11 Å². The molecule has 2 N–H and O–H groups in total. The molecule has 0 heterocycles. The first kappa shape index (κ1) is 16.9. The standard InChI is InChI=1S/C20H17FN2OS/c21-16-12-10-15(11-13-16)14-22-20(25)23-18-8-4-5-9-19(18)24-17-6-2-1-3-7-17/h1-13H,14H2,(H2,22,23,25).